The predicted molar refractivity (Wildman–Crippen MR) is 81.7 cm³/mol. The first-order valence-electron chi connectivity index (χ1n) is 7.01. The molecule has 0 saturated carbocycles. The Morgan fingerprint density at radius 1 is 1.35 bits per heavy atom. The molecule has 0 aliphatic carbocycles. The topological polar surface area (TPSA) is 86.6 Å². The van der Waals surface area contributed by atoms with E-state index in [-0.39, 0.29) is 12.4 Å². The van der Waals surface area contributed by atoms with Crippen LogP contribution in [0.15, 0.2) is 0 Å². The van der Waals surface area contributed by atoms with E-state index >= 15 is 0 Å². The molecule has 0 heterocycles. The number of ketones is 1. The van der Waals surface area contributed by atoms with E-state index in [1.807, 2.05) is 0 Å². The zero-order valence-electron chi connectivity index (χ0n) is 12.6. The van der Waals surface area contributed by atoms with Crippen molar-refractivity contribution in [3.8, 4) is 0 Å². The largest absolute Gasteiger partial charge is 0.396 e. The molecule has 0 aromatic rings. The molecule has 0 saturated heterocycles. The molecule has 0 aromatic heterocycles. The molecule has 0 bridgehead atoms. The minimum atomic E-state index is -1.25. The van der Waals surface area contributed by atoms with Crippen molar-refractivity contribution in [2.45, 2.75) is 46.1 Å². The number of nitrogens with one attached hydrogen (secondary N) is 1. The van der Waals surface area contributed by atoms with E-state index in [0.29, 0.717) is 25.1 Å². The Morgan fingerprint density at radius 2 is 2.00 bits per heavy atom. The predicted octanol–water partition coefficient (Wildman–Crippen LogP) is 0.974. The Morgan fingerprint density at radius 3 is 2.55 bits per heavy atom. The molecule has 0 aliphatic heterocycles. The number of aliphatic hydroxyl groups excluding tert-OH is 2. The van der Waals surface area contributed by atoms with Crippen molar-refractivity contribution >= 4 is 23.5 Å². The highest BCUT2D eigenvalue weighted by Gasteiger charge is 2.32. The summed E-state index contributed by atoms with van der Waals surface area (Å²) < 4.78 is 0. The minimum Gasteiger partial charge on any atom is -0.396 e. The van der Waals surface area contributed by atoms with E-state index in [1.165, 1.54) is 0 Å². The van der Waals surface area contributed by atoms with Crippen LogP contribution in [0.4, 0.5) is 0 Å². The second-order valence-electron chi connectivity index (χ2n) is 5.54. The zero-order chi connectivity index (χ0) is 15.6. The van der Waals surface area contributed by atoms with Gasteiger partial charge in [0, 0.05) is 18.4 Å². The molecule has 3 N–H and O–H groups in total. The molecule has 0 spiro atoms. The van der Waals surface area contributed by atoms with Crippen LogP contribution in [-0.4, -0.2) is 52.7 Å². The van der Waals surface area contributed by atoms with Gasteiger partial charge in [0.15, 0.2) is 0 Å². The number of hydrogen-bond donors (Lipinski definition) is 3. The summed E-state index contributed by atoms with van der Waals surface area (Å²) in [5, 5.41) is 21.4. The van der Waals surface area contributed by atoms with Gasteiger partial charge in [-0.05, 0) is 18.6 Å². The van der Waals surface area contributed by atoms with E-state index < -0.39 is 17.4 Å². The average Bonchev–Trinajstić information content (AvgIpc) is 2.42. The summed E-state index contributed by atoms with van der Waals surface area (Å²) in [6, 6.07) is 0. The van der Waals surface area contributed by atoms with Crippen LogP contribution in [0.3, 0.4) is 0 Å². The standard InChI is InChI=1S/C14H27NO4S/c1-4-8-20-9-11(17)6-5-7-15-13(19)12(18)14(2,3)10-16/h12,16,18H,4-10H2,1-3H3,(H,15,19)/t12-/m0/s1. The normalized spacial score (nSPS) is 13.1. The van der Waals surface area contributed by atoms with Crippen LogP contribution < -0.4 is 5.32 Å². The third-order valence-corrected chi connectivity index (χ3v) is 4.16. The van der Waals surface area contributed by atoms with Gasteiger partial charge in [-0.1, -0.05) is 20.8 Å². The highest BCUT2D eigenvalue weighted by atomic mass is 32.2. The van der Waals surface area contributed by atoms with E-state index in [1.54, 1.807) is 25.6 Å². The van der Waals surface area contributed by atoms with E-state index in [0.717, 1.165) is 12.2 Å². The third-order valence-electron chi connectivity index (χ3n) is 2.94. The number of hydrogen-bond acceptors (Lipinski definition) is 5. The lowest BCUT2D eigenvalue weighted by Crippen LogP contribution is -2.45. The second kappa shape index (κ2) is 10.2. The molecule has 5 nitrogen and oxygen atoms in total. The van der Waals surface area contributed by atoms with Crippen LogP contribution in [0, 0.1) is 5.41 Å². The van der Waals surface area contributed by atoms with Crippen molar-refractivity contribution in [3.05, 3.63) is 0 Å². The van der Waals surface area contributed by atoms with Crippen molar-refractivity contribution in [1.29, 1.82) is 0 Å². The Hall–Kier alpha value is -0.590. The van der Waals surface area contributed by atoms with Crippen LogP contribution >= 0.6 is 11.8 Å². The maximum Gasteiger partial charge on any atom is 0.249 e. The smallest absolute Gasteiger partial charge is 0.249 e. The number of carbonyl (C=O) groups excluding carboxylic acids is 2. The SMILES string of the molecule is CCCSCC(=O)CCCNC(=O)[C@H](O)C(C)(C)CO. The van der Waals surface area contributed by atoms with Gasteiger partial charge in [-0.3, -0.25) is 9.59 Å². The number of carbonyl (C=O) groups is 2. The lowest BCUT2D eigenvalue weighted by Gasteiger charge is -2.27. The zero-order valence-corrected chi connectivity index (χ0v) is 13.5. The summed E-state index contributed by atoms with van der Waals surface area (Å²) in [5.41, 5.74) is -0.864. The molecule has 0 aliphatic rings. The molecule has 1 atom stereocenters. The van der Waals surface area contributed by atoms with Crippen LogP contribution in [0.5, 0.6) is 0 Å². The van der Waals surface area contributed by atoms with Gasteiger partial charge in [0.1, 0.15) is 11.9 Å². The highest BCUT2D eigenvalue weighted by Crippen LogP contribution is 2.19. The Kier molecular flexibility index (Phi) is 9.88. The Bertz CT molecular complexity index is 308. The first-order chi connectivity index (χ1) is 9.35. The number of aliphatic hydroxyl groups is 2. The van der Waals surface area contributed by atoms with Crippen molar-refractivity contribution < 1.29 is 19.8 Å². The van der Waals surface area contributed by atoms with Crippen LogP contribution in [0.1, 0.15) is 40.0 Å². The second-order valence-corrected chi connectivity index (χ2v) is 6.64. The average molecular weight is 305 g/mol. The van der Waals surface area contributed by atoms with E-state index in [9.17, 15) is 14.7 Å². The molecule has 6 heteroatoms. The Balaban J connectivity index is 3.79. The van der Waals surface area contributed by atoms with Crippen molar-refractivity contribution in [3.63, 3.8) is 0 Å². The summed E-state index contributed by atoms with van der Waals surface area (Å²) in [6.45, 7) is 5.40. The maximum absolute atomic E-state index is 11.6. The van der Waals surface area contributed by atoms with E-state index in [4.69, 9.17) is 5.11 Å². The molecule has 20 heavy (non-hydrogen) atoms. The molecule has 118 valence electrons. The lowest BCUT2D eigenvalue weighted by molar-refractivity contribution is -0.137. The van der Waals surface area contributed by atoms with Crippen LogP contribution in [0.2, 0.25) is 0 Å². The fraction of sp³-hybridized carbons (Fsp3) is 0.857. The van der Waals surface area contributed by atoms with Gasteiger partial charge in [0.05, 0.1) is 12.4 Å². The van der Waals surface area contributed by atoms with Gasteiger partial charge in [0.25, 0.3) is 0 Å². The van der Waals surface area contributed by atoms with Crippen LogP contribution in [-0.2, 0) is 9.59 Å². The number of rotatable bonds is 11. The monoisotopic (exact) mass is 305 g/mol. The minimum absolute atomic E-state index is 0.189. The molecule has 0 aromatic carbocycles. The molecule has 0 fully saturated rings. The fourth-order valence-electron chi connectivity index (χ4n) is 1.44. The number of amides is 1. The number of Topliss-reactive ketones (excluding diaryl/α,β-unsaturated/α-hetero) is 1. The van der Waals surface area contributed by atoms with E-state index in [2.05, 4.69) is 12.2 Å². The van der Waals surface area contributed by atoms with Gasteiger partial charge in [0.2, 0.25) is 5.91 Å². The van der Waals surface area contributed by atoms with Crippen molar-refractivity contribution in [2.75, 3.05) is 24.7 Å². The van der Waals surface area contributed by atoms with Crippen molar-refractivity contribution in [2.24, 2.45) is 5.41 Å². The summed E-state index contributed by atoms with van der Waals surface area (Å²) in [4.78, 5) is 23.1. The van der Waals surface area contributed by atoms with Gasteiger partial charge < -0.3 is 15.5 Å². The molecule has 0 radical (unpaired) electrons. The molecular formula is C14H27NO4S. The number of thioether (sulfide) groups is 1. The van der Waals surface area contributed by atoms with Gasteiger partial charge in [-0.15, -0.1) is 0 Å². The van der Waals surface area contributed by atoms with Gasteiger partial charge in [-0.2, -0.15) is 11.8 Å². The summed E-state index contributed by atoms with van der Waals surface area (Å²) in [7, 11) is 0. The highest BCUT2D eigenvalue weighted by molar-refractivity contribution is 7.99. The van der Waals surface area contributed by atoms with Crippen molar-refractivity contribution in [1.82, 2.24) is 5.32 Å². The quantitative estimate of drug-likeness (QED) is 0.495. The summed E-state index contributed by atoms with van der Waals surface area (Å²) in [6.07, 6.45) is 0.829. The maximum atomic E-state index is 11.6. The molecular weight excluding hydrogens is 278 g/mol. The Labute approximate surface area is 125 Å². The van der Waals surface area contributed by atoms with Gasteiger partial charge in [-0.25, -0.2) is 0 Å². The first kappa shape index (κ1) is 19.4. The summed E-state index contributed by atoms with van der Waals surface area (Å²) >= 11 is 1.63. The third kappa shape index (κ3) is 7.87. The molecule has 1 amide bonds. The first-order valence-corrected chi connectivity index (χ1v) is 8.16. The van der Waals surface area contributed by atoms with Crippen LogP contribution in [0.25, 0.3) is 0 Å². The summed E-state index contributed by atoms with van der Waals surface area (Å²) in [5.74, 6) is 1.21. The molecule has 0 rings (SSSR count). The van der Waals surface area contributed by atoms with Gasteiger partial charge >= 0.3 is 0 Å². The lowest BCUT2D eigenvalue weighted by atomic mass is 9.87. The molecule has 0 unspecified atom stereocenters. The fourth-order valence-corrected chi connectivity index (χ4v) is 2.24.